The number of hydrogen-bond acceptors (Lipinski definition) is 3. The van der Waals surface area contributed by atoms with E-state index in [9.17, 15) is 14.4 Å². The molecule has 30 heavy (non-hydrogen) atoms. The van der Waals surface area contributed by atoms with Gasteiger partial charge in [-0.05, 0) is 49.5 Å². The average molecular weight is 400 g/mol. The average Bonchev–Trinajstić information content (AvgIpc) is 3.04. The fourth-order valence-corrected chi connectivity index (χ4v) is 5.29. The van der Waals surface area contributed by atoms with Crippen LogP contribution >= 0.6 is 0 Å². The van der Waals surface area contributed by atoms with Gasteiger partial charge in [0.1, 0.15) is 0 Å². The van der Waals surface area contributed by atoms with Crippen LogP contribution in [0.2, 0.25) is 0 Å². The second-order valence-corrected chi connectivity index (χ2v) is 8.29. The van der Waals surface area contributed by atoms with E-state index in [0.29, 0.717) is 31.4 Å². The fourth-order valence-electron chi connectivity index (χ4n) is 5.29. The highest BCUT2D eigenvalue weighted by atomic mass is 16.2. The highest BCUT2D eigenvalue weighted by molar-refractivity contribution is 6.23. The van der Waals surface area contributed by atoms with E-state index in [4.69, 9.17) is 0 Å². The maximum Gasteiger partial charge on any atom is 0.241 e. The number of benzene rings is 2. The molecule has 1 fully saturated rings. The Morgan fingerprint density at radius 3 is 2.20 bits per heavy atom. The number of rotatable bonds is 3. The summed E-state index contributed by atoms with van der Waals surface area (Å²) in [6, 6.07) is 19.0. The number of fused-ring (bicyclic) bond motifs is 2. The second-order valence-electron chi connectivity index (χ2n) is 8.29. The number of amides is 3. The third kappa shape index (κ3) is 2.80. The molecule has 3 aliphatic rings. The highest BCUT2D eigenvalue weighted by Crippen LogP contribution is 2.48. The first-order valence-electron chi connectivity index (χ1n) is 10.6. The Balaban J connectivity index is 1.54. The first kappa shape index (κ1) is 18.8. The van der Waals surface area contributed by atoms with Crippen LogP contribution in [-0.4, -0.2) is 22.6 Å². The van der Waals surface area contributed by atoms with Gasteiger partial charge >= 0.3 is 0 Å². The molecule has 2 aromatic carbocycles. The van der Waals surface area contributed by atoms with Gasteiger partial charge in [-0.3, -0.25) is 14.4 Å². The number of nitrogens with zero attached hydrogens (tertiary/aromatic N) is 2. The Morgan fingerprint density at radius 2 is 1.50 bits per heavy atom. The van der Waals surface area contributed by atoms with Crippen molar-refractivity contribution in [2.75, 3.05) is 4.90 Å². The number of imide groups is 1. The summed E-state index contributed by atoms with van der Waals surface area (Å²) >= 11 is 0. The zero-order valence-electron chi connectivity index (χ0n) is 17.0. The van der Waals surface area contributed by atoms with Crippen molar-refractivity contribution in [2.45, 2.75) is 38.6 Å². The minimum Gasteiger partial charge on any atom is -0.309 e. The van der Waals surface area contributed by atoms with Crippen molar-refractivity contribution in [1.82, 2.24) is 4.90 Å². The van der Waals surface area contributed by atoms with Crippen molar-refractivity contribution in [3.63, 3.8) is 0 Å². The Bertz CT molecular complexity index is 1040. The summed E-state index contributed by atoms with van der Waals surface area (Å²) in [6.45, 7) is 2.03. The Morgan fingerprint density at radius 1 is 0.833 bits per heavy atom. The van der Waals surface area contributed by atoms with E-state index in [1.54, 1.807) is 12.1 Å². The number of allylic oxidation sites excluding steroid dienone is 1. The van der Waals surface area contributed by atoms with Gasteiger partial charge in [-0.1, -0.05) is 48.5 Å². The Hall–Kier alpha value is -3.21. The third-order valence-corrected chi connectivity index (χ3v) is 6.72. The van der Waals surface area contributed by atoms with Crippen molar-refractivity contribution in [1.29, 1.82) is 0 Å². The number of anilines is 1. The lowest BCUT2D eigenvalue weighted by molar-refractivity contribution is -0.133. The number of para-hydroxylation sites is 1. The van der Waals surface area contributed by atoms with Gasteiger partial charge in [0.05, 0.1) is 23.6 Å². The third-order valence-electron chi connectivity index (χ3n) is 6.72. The largest absolute Gasteiger partial charge is 0.309 e. The van der Waals surface area contributed by atoms with Crippen molar-refractivity contribution >= 4 is 23.4 Å². The molecule has 0 radical (unpaired) electrons. The molecule has 5 nitrogen and oxygen atoms in total. The van der Waals surface area contributed by atoms with E-state index in [1.807, 2.05) is 60.4 Å². The highest BCUT2D eigenvalue weighted by Gasteiger charge is 2.53. The molecule has 2 aliphatic heterocycles. The predicted octanol–water partition coefficient (Wildman–Crippen LogP) is 4.22. The summed E-state index contributed by atoms with van der Waals surface area (Å²) in [5, 5.41) is 0. The SMILES string of the molecule is C[C@H](c1ccccc1)N1C(=O)CCC2=C1CC[C@H]1C(=O)N(c3ccccc3)C(=O)[C@@H]21. The van der Waals surface area contributed by atoms with Gasteiger partial charge < -0.3 is 4.90 Å². The number of carbonyl (C=O) groups is 3. The molecule has 5 heteroatoms. The smallest absolute Gasteiger partial charge is 0.241 e. The van der Waals surface area contributed by atoms with Crippen molar-refractivity contribution in [2.24, 2.45) is 11.8 Å². The zero-order valence-corrected chi connectivity index (χ0v) is 17.0. The molecule has 3 atom stereocenters. The van der Waals surface area contributed by atoms with Crippen LogP contribution in [0.3, 0.4) is 0 Å². The molecule has 0 N–H and O–H groups in total. The lowest BCUT2D eigenvalue weighted by Crippen LogP contribution is -2.41. The topological polar surface area (TPSA) is 57.7 Å². The molecule has 1 aliphatic carbocycles. The quantitative estimate of drug-likeness (QED) is 0.725. The fraction of sp³-hybridized carbons (Fsp3) is 0.320. The first-order valence-corrected chi connectivity index (χ1v) is 10.6. The van der Waals surface area contributed by atoms with Crippen LogP contribution < -0.4 is 4.90 Å². The van der Waals surface area contributed by atoms with Gasteiger partial charge in [-0.15, -0.1) is 0 Å². The molecule has 0 bridgehead atoms. The van der Waals surface area contributed by atoms with Gasteiger partial charge in [0, 0.05) is 12.1 Å². The molecule has 0 aromatic heterocycles. The van der Waals surface area contributed by atoms with Gasteiger partial charge in [-0.2, -0.15) is 0 Å². The van der Waals surface area contributed by atoms with Gasteiger partial charge in [0.2, 0.25) is 17.7 Å². The summed E-state index contributed by atoms with van der Waals surface area (Å²) in [5.41, 5.74) is 3.65. The van der Waals surface area contributed by atoms with Crippen LogP contribution in [0.4, 0.5) is 5.69 Å². The van der Waals surface area contributed by atoms with E-state index in [-0.39, 0.29) is 29.7 Å². The van der Waals surface area contributed by atoms with E-state index < -0.39 is 5.92 Å². The normalized spacial score (nSPS) is 24.8. The Kier molecular flexibility index (Phi) is 4.54. The van der Waals surface area contributed by atoms with E-state index in [2.05, 4.69) is 0 Å². The summed E-state index contributed by atoms with van der Waals surface area (Å²) < 4.78 is 0. The summed E-state index contributed by atoms with van der Waals surface area (Å²) in [6.07, 6.45) is 2.20. The molecular weight excluding hydrogens is 376 g/mol. The Labute approximate surface area is 176 Å². The molecule has 2 heterocycles. The lowest BCUT2D eigenvalue weighted by Gasteiger charge is -2.41. The van der Waals surface area contributed by atoms with E-state index in [0.717, 1.165) is 16.8 Å². The molecule has 5 rings (SSSR count). The molecule has 0 spiro atoms. The minimum absolute atomic E-state index is 0.0974. The molecule has 1 saturated heterocycles. The maximum absolute atomic E-state index is 13.4. The molecule has 0 saturated carbocycles. The first-order chi connectivity index (χ1) is 14.6. The van der Waals surface area contributed by atoms with Gasteiger partial charge in [-0.25, -0.2) is 4.90 Å². The second kappa shape index (κ2) is 7.24. The van der Waals surface area contributed by atoms with Crippen molar-refractivity contribution in [3.8, 4) is 0 Å². The predicted molar refractivity (Wildman–Crippen MR) is 113 cm³/mol. The summed E-state index contributed by atoms with van der Waals surface area (Å²) in [7, 11) is 0. The minimum atomic E-state index is -0.444. The van der Waals surface area contributed by atoms with Crippen LogP contribution in [0.5, 0.6) is 0 Å². The molecule has 152 valence electrons. The summed E-state index contributed by atoms with van der Waals surface area (Å²) in [5.74, 6) is -0.925. The molecule has 3 amide bonds. The standard InChI is InChI=1S/C25H24N2O3/c1-16(17-8-4-2-5-9-17)26-21-14-12-20-23(19(21)13-15-22(26)28)25(30)27(24(20)29)18-10-6-3-7-11-18/h2-11,16,20,23H,12-15H2,1H3/t16-,20-,23+/m1/s1. The summed E-state index contributed by atoms with van der Waals surface area (Å²) in [4.78, 5) is 42.7. The van der Waals surface area contributed by atoms with Crippen molar-refractivity contribution < 1.29 is 14.4 Å². The van der Waals surface area contributed by atoms with E-state index in [1.165, 1.54) is 4.90 Å². The van der Waals surface area contributed by atoms with Crippen LogP contribution in [0.15, 0.2) is 71.9 Å². The van der Waals surface area contributed by atoms with Crippen LogP contribution in [-0.2, 0) is 14.4 Å². The monoisotopic (exact) mass is 400 g/mol. The van der Waals surface area contributed by atoms with E-state index >= 15 is 0 Å². The number of carbonyl (C=O) groups excluding carboxylic acids is 3. The maximum atomic E-state index is 13.4. The van der Waals surface area contributed by atoms with Gasteiger partial charge in [0.15, 0.2) is 0 Å². The van der Waals surface area contributed by atoms with Crippen LogP contribution in [0.1, 0.15) is 44.2 Å². The van der Waals surface area contributed by atoms with Crippen LogP contribution in [0.25, 0.3) is 0 Å². The molecule has 2 aromatic rings. The number of hydrogen-bond donors (Lipinski definition) is 0. The lowest BCUT2D eigenvalue weighted by atomic mass is 9.74. The van der Waals surface area contributed by atoms with Crippen molar-refractivity contribution in [3.05, 3.63) is 77.5 Å². The molecule has 0 unspecified atom stereocenters. The van der Waals surface area contributed by atoms with Gasteiger partial charge in [0.25, 0.3) is 0 Å². The van der Waals surface area contributed by atoms with Crippen LogP contribution in [0, 0.1) is 11.8 Å². The molecular formula is C25H24N2O3. The zero-order chi connectivity index (χ0) is 20.8.